The Bertz CT molecular complexity index is 1050. The van der Waals surface area contributed by atoms with Crippen molar-refractivity contribution < 1.29 is 29.2 Å². The zero-order valence-corrected chi connectivity index (χ0v) is 21.9. The predicted octanol–water partition coefficient (Wildman–Crippen LogP) is 5.33. The molecule has 1 aliphatic heterocycles. The van der Waals surface area contributed by atoms with Gasteiger partial charge in [-0.05, 0) is 17.5 Å². The van der Waals surface area contributed by atoms with Crippen LogP contribution in [-0.2, 0) is 32.2 Å². The monoisotopic (exact) mass is 518 g/mol. The second-order valence-electron chi connectivity index (χ2n) is 10.3. The molecular weight excluding hydrogens is 480 g/mol. The third-order valence-corrected chi connectivity index (χ3v) is 7.62. The van der Waals surface area contributed by atoms with Gasteiger partial charge >= 0.3 is 0 Å². The molecule has 0 radical (unpaired) electrons. The Kier molecular flexibility index (Phi) is 8.89. The van der Waals surface area contributed by atoms with Crippen molar-refractivity contribution in [3.8, 4) is 0 Å². The molecular formula is C32H38O6. The van der Waals surface area contributed by atoms with Gasteiger partial charge in [0, 0.05) is 5.56 Å². The fraction of sp³-hybridized carbons (Fsp3) is 0.438. The molecule has 3 unspecified atom stereocenters. The third-order valence-electron chi connectivity index (χ3n) is 7.62. The van der Waals surface area contributed by atoms with E-state index < -0.39 is 42.4 Å². The van der Waals surface area contributed by atoms with Crippen molar-refractivity contribution in [2.75, 3.05) is 0 Å². The lowest BCUT2D eigenvalue weighted by Gasteiger charge is -2.57. The summed E-state index contributed by atoms with van der Waals surface area (Å²) >= 11 is 0. The molecule has 3 aromatic rings. The Morgan fingerprint density at radius 3 is 1.66 bits per heavy atom. The second-order valence-corrected chi connectivity index (χ2v) is 10.3. The third kappa shape index (κ3) is 5.86. The van der Waals surface area contributed by atoms with Gasteiger partial charge in [-0.25, -0.2) is 0 Å². The molecule has 38 heavy (non-hydrogen) atoms. The zero-order valence-electron chi connectivity index (χ0n) is 21.9. The van der Waals surface area contributed by atoms with E-state index in [2.05, 4.69) is 6.92 Å². The molecule has 202 valence electrons. The summed E-state index contributed by atoms with van der Waals surface area (Å²) in [5, 5.41) is 23.9. The van der Waals surface area contributed by atoms with Gasteiger partial charge in [-0.3, -0.25) is 0 Å². The summed E-state index contributed by atoms with van der Waals surface area (Å²) < 4.78 is 25.6. The predicted molar refractivity (Wildman–Crippen MR) is 144 cm³/mol. The van der Waals surface area contributed by atoms with Crippen LogP contribution in [-0.4, -0.2) is 46.3 Å². The van der Waals surface area contributed by atoms with Gasteiger partial charge in [0.2, 0.25) is 0 Å². The Morgan fingerprint density at radius 2 is 1.18 bits per heavy atom. The Balaban J connectivity index is 1.48. The number of unbranched alkanes of at least 4 members (excludes halogenated alkanes) is 2. The number of hydrogen-bond donors (Lipinski definition) is 2. The Morgan fingerprint density at radius 1 is 0.711 bits per heavy atom. The highest BCUT2D eigenvalue weighted by Crippen LogP contribution is 2.47. The molecule has 0 aromatic heterocycles. The van der Waals surface area contributed by atoms with E-state index in [1.54, 1.807) is 0 Å². The molecule has 0 amide bonds. The molecule has 0 spiro atoms. The van der Waals surface area contributed by atoms with Crippen LogP contribution in [0.4, 0.5) is 0 Å². The highest BCUT2D eigenvalue weighted by molar-refractivity contribution is 5.21. The molecule has 2 aliphatic rings. The van der Waals surface area contributed by atoms with E-state index in [0.717, 1.165) is 36.0 Å². The van der Waals surface area contributed by atoms with Crippen molar-refractivity contribution in [2.24, 2.45) is 0 Å². The fourth-order valence-corrected chi connectivity index (χ4v) is 5.58. The van der Waals surface area contributed by atoms with Gasteiger partial charge in [0.05, 0.1) is 13.2 Å². The van der Waals surface area contributed by atoms with E-state index in [-0.39, 0.29) is 13.2 Å². The van der Waals surface area contributed by atoms with Gasteiger partial charge < -0.3 is 29.2 Å². The average Bonchev–Trinajstić information content (AvgIpc) is 2.95. The maximum atomic E-state index is 12.3. The molecule has 1 saturated heterocycles. The number of benzene rings is 3. The zero-order chi connectivity index (χ0) is 26.4. The maximum absolute atomic E-state index is 12.3. The van der Waals surface area contributed by atoms with Crippen molar-refractivity contribution in [3.05, 3.63) is 108 Å². The molecule has 2 fully saturated rings. The minimum atomic E-state index is -1.39. The number of aliphatic hydroxyl groups excluding tert-OH is 1. The summed E-state index contributed by atoms with van der Waals surface area (Å²) in [6.07, 6.45) is -1.73. The first kappa shape index (κ1) is 27.0. The van der Waals surface area contributed by atoms with E-state index in [1.807, 2.05) is 91.0 Å². The molecule has 3 aromatic carbocycles. The van der Waals surface area contributed by atoms with Gasteiger partial charge in [-0.1, -0.05) is 117 Å². The first-order chi connectivity index (χ1) is 18.6. The van der Waals surface area contributed by atoms with Crippen LogP contribution in [0.25, 0.3) is 0 Å². The largest absolute Gasteiger partial charge is 0.387 e. The lowest BCUT2D eigenvalue weighted by Crippen LogP contribution is -2.75. The minimum absolute atomic E-state index is 0.278. The standard InChI is InChI=1S/C32H38O6/c1-2-3-13-20-32(34)29-27(35-21-23-14-7-4-8-15-23)26(33)28(36-22-24-16-9-5-10-17-24)30(32)38-31(37-29)25-18-11-6-12-19-25/h4-12,14-19,26-31,33-34H,2-3,13,20-22H2,1H3/t26?,27-,28+,29-,30+,31?,32?. The summed E-state index contributed by atoms with van der Waals surface area (Å²) in [7, 11) is 0. The summed E-state index contributed by atoms with van der Waals surface area (Å²) in [5.74, 6) is 0. The lowest BCUT2D eigenvalue weighted by atomic mass is 9.71. The molecule has 1 saturated carbocycles. The fourth-order valence-electron chi connectivity index (χ4n) is 5.58. The van der Waals surface area contributed by atoms with Crippen molar-refractivity contribution in [3.63, 3.8) is 0 Å². The van der Waals surface area contributed by atoms with Crippen molar-refractivity contribution in [1.82, 2.24) is 0 Å². The maximum Gasteiger partial charge on any atom is 0.185 e. The van der Waals surface area contributed by atoms with Gasteiger partial charge in [-0.15, -0.1) is 0 Å². The van der Waals surface area contributed by atoms with Gasteiger partial charge in [0.1, 0.15) is 36.1 Å². The van der Waals surface area contributed by atoms with Gasteiger partial charge in [0.15, 0.2) is 6.29 Å². The number of rotatable bonds is 11. The number of hydrogen-bond acceptors (Lipinski definition) is 6. The van der Waals surface area contributed by atoms with E-state index in [4.69, 9.17) is 18.9 Å². The molecule has 1 aliphatic carbocycles. The van der Waals surface area contributed by atoms with E-state index in [0.29, 0.717) is 6.42 Å². The molecule has 2 N–H and O–H groups in total. The topological polar surface area (TPSA) is 77.4 Å². The Labute approximate surface area is 225 Å². The van der Waals surface area contributed by atoms with Crippen LogP contribution in [0.5, 0.6) is 0 Å². The summed E-state index contributed by atoms with van der Waals surface area (Å²) in [5.41, 5.74) is 1.41. The van der Waals surface area contributed by atoms with Crippen LogP contribution in [0.15, 0.2) is 91.0 Å². The molecule has 1 heterocycles. The quantitative estimate of drug-likeness (QED) is 0.334. The summed E-state index contributed by atoms with van der Waals surface area (Å²) in [6, 6.07) is 29.3. The van der Waals surface area contributed by atoms with Crippen LogP contribution in [0.2, 0.25) is 0 Å². The van der Waals surface area contributed by atoms with Gasteiger partial charge in [0.25, 0.3) is 0 Å². The molecule has 6 nitrogen and oxygen atoms in total. The average molecular weight is 519 g/mol. The summed E-state index contributed by atoms with van der Waals surface area (Å²) in [4.78, 5) is 0. The highest BCUT2D eigenvalue weighted by atomic mass is 16.7. The first-order valence-electron chi connectivity index (χ1n) is 13.7. The second kappa shape index (κ2) is 12.5. The van der Waals surface area contributed by atoms with Crippen LogP contribution >= 0.6 is 0 Å². The highest BCUT2D eigenvalue weighted by Gasteiger charge is 2.64. The first-order valence-corrected chi connectivity index (χ1v) is 13.7. The van der Waals surface area contributed by atoms with Crippen molar-refractivity contribution in [2.45, 2.75) is 88.2 Å². The molecule has 7 atom stereocenters. The molecule has 6 heteroatoms. The molecule has 2 bridgehead atoms. The smallest absolute Gasteiger partial charge is 0.185 e. The van der Waals surface area contributed by atoms with Gasteiger partial charge in [-0.2, -0.15) is 0 Å². The van der Waals surface area contributed by atoms with Crippen LogP contribution in [0.3, 0.4) is 0 Å². The molecule has 5 rings (SSSR count). The normalized spacial score (nSPS) is 30.7. The van der Waals surface area contributed by atoms with E-state index in [1.165, 1.54) is 0 Å². The summed E-state index contributed by atoms with van der Waals surface area (Å²) in [6.45, 7) is 2.69. The lowest BCUT2D eigenvalue weighted by molar-refractivity contribution is -0.398. The van der Waals surface area contributed by atoms with Crippen molar-refractivity contribution >= 4 is 0 Å². The van der Waals surface area contributed by atoms with Crippen LogP contribution in [0.1, 0.15) is 55.6 Å². The minimum Gasteiger partial charge on any atom is -0.387 e. The van der Waals surface area contributed by atoms with E-state index in [9.17, 15) is 10.2 Å². The number of fused-ring (bicyclic) bond motifs is 2. The SMILES string of the molecule is CCCCCC1(O)[C@@H]2OC(c3ccccc3)O[C@H]1[C@@H](OCc1ccccc1)C(O)[C@H]2OCc1ccccc1. The van der Waals surface area contributed by atoms with Crippen LogP contribution in [0, 0.1) is 0 Å². The van der Waals surface area contributed by atoms with Crippen molar-refractivity contribution in [1.29, 1.82) is 0 Å². The number of aliphatic hydroxyl groups is 2. The number of ether oxygens (including phenoxy) is 4. The Hall–Kier alpha value is -2.58. The van der Waals surface area contributed by atoms with E-state index >= 15 is 0 Å². The van der Waals surface area contributed by atoms with Crippen LogP contribution < -0.4 is 0 Å².